The van der Waals surface area contributed by atoms with Crippen LogP contribution in [0.5, 0.6) is 0 Å². The molecule has 3 rings (SSSR count). The molecule has 0 radical (unpaired) electrons. The highest BCUT2D eigenvalue weighted by Crippen LogP contribution is 2.22. The van der Waals surface area contributed by atoms with Crippen molar-refractivity contribution in [3.05, 3.63) is 58.0 Å². The number of carbonyl (C=O) groups excluding carboxylic acids is 1. The second kappa shape index (κ2) is 8.16. The first-order chi connectivity index (χ1) is 13.0. The zero-order valence-electron chi connectivity index (χ0n) is 15.3. The van der Waals surface area contributed by atoms with Crippen LogP contribution in [0.2, 0.25) is 0 Å². The molecule has 142 valence electrons. The molecule has 2 heterocycles. The number of para-hydroxylation sites is 1. The lowest BCUT2D eigenvalue weighted by Crippen LogP contribution is -2.42. The van der Waals surface area contributed by atoms with Crippen LogP contribution in [-0.4, -0.2) is 44.8 Å². The van der Waals surface area contributed by atoms with Gasteiger partial charge in [0.1, 0.15) is 0 Å². The van der Waals surface area contributed by atoms with Crippen molar-refractivity contribution in [1.29, 1.82) is 0 Å². The largest absolute Gasteiger partial charge is 0.481 e. The van der Waals surface area contributed by atoms with Gasteiger partial charge < -0.3 is 10.0 Å². The zero-order valence-corrected chi connectivity index (χ0v) is 15.3. The number of carbonyl (C=O) groups is 2. The van der Waals surface area contributed by atoms with Gasteiger partial charge in [0.25, 0.3) is 5.91 Å². The Morgan fingerprint density at radius 2 is 2.00 bits per heavy atom. The number of benzene rings is 1. The van der Waals surface area contributed by atoms with Crippen LogP contribution in [0.25, 0.3) is 5.69 Å². The van der Waals surface area contributed by atoms with Gasteiger partial charge in [-0.15, -0.1) is 0 Å². The standard InChI is InChI=1S/C20H23N3O4/c1-14-12-17(24)19(21-23(14)16-7-3-2-4-8-16)20(27)22-11-5-6-15(13-22)9-10-18(25)26/h2-4,7-8,12,15H,5-6,9-11,13H2,1H3,(H,25,26). The Kier molecular flexibility index (Phi) is 5.69. The van der Waals surface area contributed by atoms with E-state index in [9.17, 15) is 14.4 Å². The van der Waals surface area contributed by atoms with E-state index in [2.05, 4.69) is 5.10 Å². The SMILES string of the molecule is Cc1cc(=O)c(C(=O)N2CCCC(CCC(=O)O)C2)nn1-c1ccccc1. The summed E-state index contributed by atoms with van der Waals surface area (Å²) >= 11 is 0. The van der Waals surface area contributed by atoms with Gasteiger partial charge in [-0.2, -0.15) is 5.10 Å². The molecule has 0 saturated carbocycles. The van der Waals surface area contributed by atoms with Crippen molar-refractivity contribution in [2.45, 2.75) is 32.6 Å². The highest BCUT2D eigenvalue weighted by Gasteiger charge is 2.27. The van der Waals surface area contributed by atoms with Gasteiger partial charge in [0.05, 0.1) is 5.69 Å². The second-order valence-electron chi connectivity index (χ2n) is 6.94. The number of likely N-dealkylation sites (tertiary alicyclic amines) is 1. The van der Waals surface area contributed by atoms with E-state index in [1.54, 1.807) is 16.5 Å². The smallest absolute Gasteiger partial charge is 0.303 e. The maximum atomic E-state index is 12.9. The third-order valence-electron chi connectivity index (χ3n) is 4.88. The first-order valence-electron chi connectivity index (χ1n) is 9.13. The van der Waals surface area contributed by atoms with E-state index in [1.165, 1.54) is 6.07 Å². The van der Waals surface area contributed by atoms with Crippen LogP contribution in [-0.2, 0) is 4.79 Å². The maximum absolute atomic E-state index is 12.9. The Hall–Kier alpha value is -2.96. The summed E-state index contributed by atoms with van der Waals surface area (Å²) in [6.07, 6.45) is 2.33. The normalized spacial score (nSPS) is 16.9. The first kappa shape index (κ1) is 18.8. The van der Waals surface area contributed by atoms with E-state index in [0.29, 0.717) is 25.2 Å². The molecule has 1 unspecified atom stereocenters. The second-order valence-corrected chi connectivity index (χ2v) is 6.94. The van der Waals surface area contributed by atoms with Gasteiger partial charge in [-0.3, -0.25) is 14.4 Å². The van der Waals surface area contributed by atoms with Crippen LogP contribution < -0.4 is 5.43 Å². The van der Waals surface area contributed by atoms with E-state index in [4.69, 9.17) is 5.11 Å². The van der Waals surface area contributed by atoms with Crippen molar-refractivity contribution >= 4 is 11.9 Å². The topological polar surface area (TPSA) is 92.5 Å². The number of carboxylic acid groups (broad SMARTS) is 1. The van der Waals surface area contributed by atoms with Crippen LogP contribution >= 0.6 is 0 Å². The molecular formula is C20H23N3O4. The molecule has 1 amide bonds. The molecule has 7 nitrogen and oxygen atoms in total. The van der Waals surface area contributed by atoms with Gasteiger partial charge in [0, 0.05) is 31.3 Å². The van der Waals surface area contributed by atoms with Crippen LogP contribution in [0.4, 0.5) is 0 Å². The Morgan fingerprint density at radius 3 is 2.70 bits per heavy atom. The molecule has 2 aromatic rings. The van der Waals surface area contributed by atoms with E-state index in [1.807, 2.05) is 30.3 Å². The third-order valence-corrected chi connectivity index (χ3v) is 4.88. The molecule has 0 bridgehead atoms. The number of piperidine rings is 1. The van der Waals surface area contributed by atoms with Gasteiger partial charge in [-0.25, -0.2) is 4.68 Å². The van der Waals surface area contributed by atoms with Crippen molar-refractivity contribution in [1.82, 2.24) is 14.7 Å². The van der Waals surface area contributed by atoms with Gasteiger partial charge >= 0.3 is 5.97 Å². The summed E-state index contributed by atoms with van der Waals surface area (Å²) in [6.45, 7) is 2.80. The highest BCUT2D eigenvalue weighted by atomic mass is 16.4. The fourth-order valence-electron chi connectivity index (χ4n) is 3.49. The number of aromatic nitrogens is 2. The summed E-state index contributed by atoms with van der Waals surface area (Å²) in [5.41, 5.74) is 0.948. The Morgan fingerprint density at radius 1 is 1.26 bits per heavy atom. The minimum atomic E-state index is -0.829. The molecule has 1 aromatic carbocycles. The number of hydrogen-bond donors (Lipinski definition) is 1. The van der Waals surface area contributed by atoms with Crippen molar-refractivity contribution in [2.75, 3.05) is 13.1 Å². The minimum Gasteiger partial charge on any atom is -0.481 e. The molecule has 1 aliphatic heterocycles. The summed E-state index contributed by atoms with van der Waals surface area (Å²) < 4.78 is 1.60. The summed E-state index contributed by atoms with van der Waals surface area (Å²) in [5, 5.41) is 13.2. The lowest BCUT2D eigenvalue weighted by atomic mass is 9.93. The van der Waals surface area contributed by atoms with Crippen LogP contribution in [0.15, 0.2) is 41.2 Å². The predicted octanol–water partition coefficient (Wildman–Crippen LogP) is 2.26. The summed E-state index contributed by atoms with van der Waals surface area (Å²) in [6, 6.07) is 10.8. The lowest BCUT2D eigenvalue weighted by Gasteiger charge is -2.32. The van der Waals surface area contributed by atoms with Crippen LogP contribution in [0, 0.1) is 12.8 Å². The molecule has 27 heavy (non-hydrogen) atoms. The van der Waals surface area contributed by atoms with Crippen LogP contribution in [0.3, 0.4) is 0 Å². The van der Waals surface area contributed by atoms with Gasteiger partial charge in [0.15, 0.2) is 5.69 Å². The molecule has 1 saturated heterocycles. The van der Waals surface area contributed by atoms with Crippen LogP contribution in [0.1, 0.15) is 41.9 Å². The number of carboxylic acids is 1. The summed E-state index contributed by atoms with van der Waals surface area (Å²) in [7, 11) is 0. The quantitative estimate of drug-likeness (QED) is 0.873. The number of amides is 1. The first-order valence-corrected chi connectivity index (χ1v) is 9.13. The number of aryl methyl sites for hydroxylation is 1. The molecule has 0 spiro atoms. The number of aliphatic carboxylic acids is 1. The average molecular weight is 369 g/mol. The predicted molar refractivity (Wildman–Crippen MR) is 100 cm³/mol. The van der Waals surface area contributed by atoms with Gasteiger partial charge in [-0.05, 0) is 44.2 Å². The van der Waals surface area contributed by atoms with Gasteiger partial charge in [-0.1, -0.05) is 18.2 Å². The lowest BCUT2D eigenvalue weighted by molar-refractivity contribution is -0.137. The van der Waals surface area contributed by atoms with E-state index in [0.717, 1.165) is 18.5 Å². The molecular weight excluding hydrogens is 346 g/mol. The molecule has 1 aromatic heterocycles. The number of hydrogen-bond acceptors (Lipinski definition) is 4. The molecule has 7 heteroatoms. The maximum Gasteiger partial charge on any atom is 0.303 e. The molecule has 0 aliphatic carbocycles. The van der Waals surface area contributed by atoms with Gasteiger partial charge in [0.2, 0.25) is 5.43 Å². The fraction of sp³-hybridized carbons (Fsp3) is 0.400. The third kappa shape index (κ3) is 4.42. The zero-order chi connectivity index (χ0) is 19.4. The minimum absolute atomic E-state index is 0.0935. The van der Waals surface area contributed by atoms with Crippen molar-refractivity contribution < 1.29 is 14.7 Å². The number of nitrogens with zero attached hydrogens (tertiary/aromatic N) is 3. The molecule has 1 N–H and O–H groups in total. The Labute approximate surface area is 157 Å². The van der Waals surface area contributed by atoms with E-state index >= 15 is 0 Å². The van der Waals surface area contributed by atoms with Crippen molar-refractivity contribution in [3.8, 4) is 5.69 Å². The average Bonchev–Trinajstić information content (AvgIpc) is 2.67. The summed E-state index contributed by atoms with van der Waals surface area (Å²) in [5.74, 6) is -1.07. The highest BCUT2D eigenvalue weighted by molar-refractivity contribution is 5.92. The van der Waals surface area contributed by atoms with E-state index in [-0.39, 0.29) is 23.9 Å². The summed E-state index contributed by atoms with van der Waals surface area (Å²) in [4.78, 5) is 37.8. The molecule has 1 atom stereocenters. The monoisotopic (exact) mass is 369 g/mol. The fourth-order valence-corrected chi connectivity index (χ4v) is 3.49. The molecule has 1 aliphatic rings. The Balaban J connectivity index is 1.84. The van der Waals surface area contributed by atoms with Crippen molar-refractivity contribution in [3.63, 3.8) is 0 Å². The number of rotatable bonds is 5. The molecule has 1 fully saturated rings. The Bertz CT molecular complexity index is 892. The van der Waals surface area contributed by atoms with Crippen molar-refractivity contribution in [2.24, 2.45) is 5.92 Å². The van der Waals surface area contributed by atoms with E-state index < -0.39 is 11.4 Å².